The van der Waals surface area contributed by atoms with E-state index in [4.69, 9.17) is 0 Å². The van der Waals surface area contributed by atoms with Gasteiger partial charge in [-0.1, -0.05) is 17.7 Å². The van der Waals surface area contributed by atoms with Gasteiger partial charge in [0.2, 0.25) is 0 Å². The molecule has 0 bridgehead atoms. The first-order valence-electron chi connectivity index (χ1n) is 11.3. The van der Waals surface area contributed by atoms with Crippen LogP contribution < -0.4 is 5.01 Å². The molecule has 0 spiro atoms. The maximum Gasteiger partial charge on any atom is 0.432 e. The van der Waals surface area contributed by atoms with Gasteiger partial charge in [0, 0.05) is 32.3 Å². The Morgan fingerprint density at radius 1 is 1.11 bits per heavy atom. The van der Waals surface area contributed by atoms with Crippen LogP contribution in [0, 0.1) is 6.92 Å². The van der Waals surface area contributed by atoms with Crippen LogP contribution >= 0.6 is 0 Å². The number of aromatic nitrogens is 5. The standard InChI is InChI=1S/C23H24F3N7O2S/c1-15-5-7-17(8-6-15)36(34,35)33-11-9-18-21(28-14-29-22(18)33)31(2)32-10-3-4-16(13-32)20-27-12-19(30-20)23(24,25)26/h5-9,11-12,14,16H,3-4,10,13H2,1-2H3,(H,27,30). The SMILES string of the molecule is Cc1ccc(S(=O)(=O)n2ccc3c(N(C)N4CCCC(c5ncc(C(F)(F)F)[nH]5)C4)ncnc32)cc1. The Balaban J connectivity index is 1.43. The lowest BCUT2D eigenvalue weighted by Crippen LogP contribution is -2.46. The predicted molar refractivity (Wildman–Crippen MR) is 127 cm³/mol. The van der Waals surface area contributed by atoms with Gasteiger partial charge in [0.15, 0.2) is 11.5 Å². The minimum absolute atomic E-state index is 0.148. The molecule has 0 aliphatic carbocycles. The topological polar surface area (TPSA) is 100 Å². The number of hydrogen-bond acceptors (Lipinski definition) is 7. The fraction of sp³-hybridized carbons (Fsp3) is 0.348. The largest absolute Gasteiger partial charge is 0.432 e. The second kappa shape index (κ2) is 8.89. The number of imidazole rings is 1. The molecule has 4 heterocycles. The molecule has 190 valence electrons. The second-order valence-corrected chi connectivity index (χ2v) is 10.6. The summed E-state index contributed by atoms with van der Waals surface area (Å²) in [4.78, 5) is 15.2. The number of nitrogens with one attached hydrogen (secondary N) is 1. The van der Waals surface area contributed by atoms with Gasteiger partial charge in [-0.15, -0.1) is 0 Å². The van der Waals surface area contributed by atoms with Crippen LogP contribution in [0.2, 0.25) is 0 Å². The zero-order valence-corrected chi connectivity index (χ0v) is 20.4. The van der Waals surface area contributed by atoms with Gasteiger partial charge >= 0.3 is 6.18 Å². The fourth-order valence-corrected chi connectivity index (χ4v) is 5.77. The molecule has 1 aliphatic heterocycles. The summed E-state index contributed by atoms with van der Waals surface area (Å²) < 4.78 is 66.7. The third-order valence-electron chi connectivity index (χ3n) is 6.42. The van der Waals surface area contributed by atoms with Gasteiger partial charge < -0.3 is 4.98 Å². The lowest BCUT2D eigenvalue weighted by Gasteiger charge is -2.38. The number of anilines is 1. The van der Waals surface area contributed by atoms with E-state index in [1.165, 1.54) is 12.5 Å². The smallest absolute Gasteiger partial charge is 0.338 e. The zero-order chi connectivity index (χ0) is 25.7. The van der Waals surface area contributed by atoms with E-state index in [0.717, 1.165) is 22.2 Å². The van der Waals surface area contributed by atoms with Crippen LogP contribution in [-0.2, 0) is 16.2 Å². The van der Waals surface area contributed by atoms with Gasteiger partial charge in [-0.3, -0.25) is 5.01 Å². The molecule has 1 unspecified atom stereocenters. The van der Waals surface area contributed by atoms with Crippen molar-refractivity contribution in [1.82, 2.24) is 28.9 Å². The minimum Gasteiger partial charge on any atom is -0.338 e. The normalized spacial score (nSPS) is 17.5. The molecule has 1 atom stereocenters. The van der Waals surface area contributed by atoms with E-state index in [-0.39, 0.29) is 16.5 Å². The molecule has 1 fully saturated rings. The fourth-order valence-electron chi connectivity index (χ4n) is 4.47. The number of fused-ring (bicyclic) bond motifs is 1. The average Bonchev–Trinajstić information content (AvgIpc) is 3.52. The molecule has 0 amide bonds. The molecular weight excluding hydrogens is 495 g/mol. The van der Waals surface area contributed by atoms with Crippen molar-refractivity contribution in [1.29, 1.82) is 0 Å². The number of nitrogens with zero attached hydrogens (tertiary/aromatic N) is 6. The summed E-state index contributed by atoms with van der Waals surface area (Å²) in [5, 5.41) is 4.31. The molecule has 1 N–H and O–H groups in total. The van der Waals surface area contributed by atoms with Gasteiger partial charge in [-0.05, 0) is 38.0 Å². The van der Waals surface area contributed by atoms with E-state index in [9.17, 15) is 21.6 Å². The molecule has 1 aromatic carbocycles. The Kier molecular flexibility index (Phi) is 5.99. The summed E-state index contributed by atoms with van der Waals surface area (Å²) in [6.45, 7) is 2.96. The zero-order valence-electron chi connectivity index (χ0n) is 19.6. The van der Waals surface area contributed by atoms with Gasteiger partial charge in [0.25, 0.3) is 10.0 Å². The average molecular weight is 520 g/mol. The Morgan fingerprint density at radius 2 is 1.86 bits per heavy atom. The number of H-pyrrole nitrogens is 1. The molecule has 0 radical (unpaired) electrons. The van der Waals surface area contributed by atoms with Crippen molar-refractivity contribution in [2.24, 2.45) is 0 Å². The molecule has 13 heteroatoms. The molecule has 4 aromatic rings. The number of rotatable bonds is 5. The summed E-state index contributed by atoms with van der Waals surface area (Å²) in [6.07, 6.45) is 0.539. The first-order chi connectivity index (χ1) is 17.1. The number of piperidine rings is 1. The van der Waals surface area contributed by atoms with E-state index >= 15 is 0 Å². The number of alkyl halides is 3. The van der Waals surface area contributed by atoms with Gasteiger partial charge in [0.05, 0.1) is 16.5 Å². The second-order valence-electron chi connectivity index (χ2n) is 8.82. The maximum atomic E-state index is 13.3. The van der Waals surface area contributed by atoms with Gasteiger partial charge in [-0.2, -0.15) is 13.2 Å². The highest BCUT2D eigenvalue weighted by atomic mass is 32.2. The highest BCUT2D eigenvalue weighted by Crippen LogP contribution is 2.33. The van der Waals surface area contributed by atoms with E-state index < -0.39 is 21.9 Å². The van der Waals surface area contributed by atoms with Crippen LogP contribution in [0.25, 0.3) is 11.0 Å². The van der Waals surface area contributed by atoms with E-state index in [2.05, 4.69) is 19.9 Å². The Morgan fingerprint density at radius 3 is 2.56 bits per heavy atom. The van der Waals surface area contributed by atoms with Crippen molar-refractivity contribution in [3.8, 4) is 0 Å². The molecule has 0 saturated carbocycles. The summed E-state index contributed by atoms with van der Waals surface area (Å²) >= 11 is 0. The molecule has 3 aromatic heterocycles. The molecule has 9 nitrogen and oxygen atoms in total. The quantitative estimate of drug-likeness (QED) is 0.426. The minimum atomic E-state index is -4.48. The summed E-state index contributed by atoms with van der Waals surface area (Å²) in [5.74, 6) is 0.568. The van der Waals surface area contributed by atoms with Crippen LogP contribution in [0.1, 0.15) is 35.8 Å². The molecule has 1 aliphatic rings. The lowest BCUT2D eigenvalue weighted by molar-refractivity contribution is -0.141. The lowest BCUT2D eigenvalue weighted by atomic mass is 9.98. The van der Waals surface area contributed by atoms with Crippen molar-refractivity contribution in [3.05, 3.63) is 66.1 Å². The van der Waals surface area contributed by atoms with Gasteiger partial charge in [-0.25, -0.2) is 32.4 Å². The number of aryl methyl sites for hydroxylation is 1. The maximum absolute atomic E-state index is 13.3. The molecule has 5 rings (SSSR count). The summed E-state index contributed by atoms with van der Waals surface area (Å²) in [6, 6.07) is 8.22. The number of hydrazine groups is 1. The van der Waals surface area contributed by atoms with Crippen LogP contribution in [0.3, 0.4) is 0 Å². The van der Waals surface area contributed by atoms with Crippen molar-refractivity contribution in [3.63, 3.8) is 0 Å². The first-order valence-corrected chi connectivity index (χ1v) is 12.7. The third-order valence-corrected chi connectivity index (χ3v) is 8.10. The monoisotopic (exact) mass is 519 g/mol. The Hall–Kier alpha value is -3.45. The Labute approximate surface area is 205 Å². The van der Waals surface area contributed by atoms with Gasteiger partial charge in [0.1, 0.15) is 17.8 Å². The summed E-state index contributed by atoms with van der Waals surface area (Å²) in [5.41, 5.74) is 0.319. The number of benzene rings is 1. The summed E-state index contributed by atoms with van der Waals surface area (Å²) in [7, 11) is -2.08. The molecular formula is C23H24F3N7O2S. The van der Waals surface area contributed by atoms with Crippen LogP contribution in [0.5, 0.6) is 0 Å². The van der Waals surface area contributed by atoms with E-state index in [1.807, 2.05) is 11.9 Å². The third kappa shape index (κ3) is 4.32. The highest BCUT2D eigenvalue weighted by molar-refractivity contribution is 7.90. The van der Waals surface area contributed by atoms with Crippen molar-refractivity contribution < 1.29 is 21.6 Å². The Bertz CT molecular complexity index is 1500. The van der Waals surface area contributed by atoms with Crippen molar-refractivity contribution in [2.45, 2.75) is 36.8 Å². The van der Waals surface area contributed by atoms with Crippen LogP contribution in [0.15, 0.2) is 53.9 Å². The number of aromatic amines is 1. The van der Waals surface area contributed by atoms with E-state index in [0.29, 0.717) is 36.5 Å². The first kappa shape index (κ1) is 24.3. The van der Waals surface area contributed by atoms with Crippen molar-refractivity contribution in [2.75, 3.05) is 25.1 Å². The van der Waals surface area contributed by atoms with Crippen LogP contribution in [0.4, 0.5) is 19.0 Å². The van der Waals surface area contributed by atoms with Crippen LogP contribution in [-0.4, -0.2) is 57.5 Å². The highest BCUT2D eigenvalue weighted by Gasteiger charge is 2.35. The van der Waals surface area contributed by atoms with E-state index in [1.54, 1.807) is 42.4 Å². The number of hydrogen-bond donors (Lipinski definition) is 1. The molecule has 36 heavy (non-hydrogen) atoms. The van der Waals surface area contributed by atoms with Crippen molar-refractivity contribution >= 4 is 26.9 Å². The predicted octanol–water partition coefficient (Wildman–Crippen LogP) is 3.95. The molecule has 1 saturated heterocycles. The number of halogens is 3.